The van der Waals surface area contributed by atoms with E-state index in [1.807, 2.05) is 0 Å². The first-order valence-corrected chi connectivity index (χ1v) is 8.07. The van der Waals surface area contributed by atoms with Crippen LogP contribution < -0.4 is 0 Å². The van der Waals surface area contributed by atoms with Crippen LogP contribution in [-0.2, 0) is 0 Å². The minimum Gasteiger partial charge on any atom is -0.303 e. The Hall–Kier alpha value is -0.0400. The summed E-state index contributed by atoms with van der Waals surface area (Å²) in [6, 6.07) is 0. The minimum atomic E-state index is 1.30. The van der Waals surface area contributed by atoms with Crippen molar-refractivity contribution in [2.75, 3.05) is 19.6 Å². The highest BCUT2D eigenvalue weighted by Crippen LogP contribution is 2.08. The van der Waals surface area contributed by atoms with Gasteiger partial charge in [-0.1, -0.05) is 65.7 Å². The largest absolute Gasteiger partial charge is 0.303 e. The molecule has 0 unspecified atom stereocenters. The fourth-order valence-corrected chi connectivity index (χ4v) is 2.33. The molecule has 0 radical (unpaired) electrons. The Labute approximate surface area is 110 Å². The molecule has 0 bridgehead atoms. The van der Waals surface area contributed by atoms with E-state index in [0.717, 1.165) is 0 Å². The van der Waals surface area contributed by atoms with Crippen molar-refractivity contribution in [3.8, 4) is 0 Å². The van der Waals surface area contributed by atoms with E-state index < -0.39 is 0 Å². The molecule has 1 nitrogen and oxygen atoms in total. The maximum absolute atomic E-state index is 2.66. The summed E-state index contributed by atoms with van der Waals surface area (Å²) in [6.45, 7) is 10.8. The van der Waals surface area contributed by atoms with E-state index >= 15 is 0 Å². The van der Waals surface area contributed by atoms with E-state index in [0.29, 0.717) is 0 Å². The molecule has 104 valence electrons. The SMILES string of the molecule is CCCCCCCCCN(CCC)CCCC. The van der Waals surface area contributed by atoms with E-state index in [9.17, 15) is 0 Å². The summed E-state index contributed by atoms with van der Waals surface area (Å²) in [4.78, 5) is 2.66. The predicted molar refractivity (Wildman–Crippen MR) is 79.6 cm³/mol. The van der Waals surface area contributed by atoms with Gasteiger partial charge < -0.3 is 4.90 Å². The number of nitrogens with zero attached hydrogens (tertiary/aromatic N) is 1. The fraction of sp³-hybridized carbons (Fsp3) is 1.00. The van der Waals surface area contributed by atoms with Crippen molar-refractivity contribution in [1.82, 2.24) is 4.90 Å². The lowest BCUT2D eigenvalue weighted by Crippen LogP contribution is -2.26. The molecule has 1 heteroatoms. The zero-order chi connectivity index (χ0) is 12.8. The monoisotopic (exact) mass is 241 g/mol. The Morgan fingerprint density at radius 2 is 1.00 bits per heavy atom. The zero-order valence-corrected chi connectivity index (χ0v) is 12.6. The van der Waals surface area contributed by atoms with E-state index in [2.05, 4.69) is 25.7 Å². The average Bonchev–Trinajstić information content (AvgIpc) is 2.34. The molecule has 0 saturated carbocycles. The summed E-state index contributed by atoms with van der Waals surface area (Å²) in [7, 11) is 0. The number of hydrogen-bond donors (Lipinski definition) is 0. The van der Waals surface area contributed by atoms with Gasteiger partial charge in [-0.05, 0) is 38.9 Å². The normalized spacial score (nSPS) is 11.3. The van der Waals surface area contributed by atoms with E-state index in [1.165, 1.54) is 83.8 Å². The molecular formula is C16H35N. The van der Waals surface area contributed by atoms with Gasteiger partial charge in [-0.3, -0.25) is 0 Å². The minimum absolute atomic E-state index is 1.30. The van der Waals surface area contributed by atoms with Crippen LogP contribution in [0.15, 0.2) is 0 Å². The summed E-state index contributed by atoms with van der Waals surface area (Å²) in [5.74, 6) is 0. The second-order valence-corrected chi connectivity index (χ2v) is 5.32. The summed E-state index contributed by atoms with van der Waals surface area (Å²) < 4.78 is 0. The van der Waals surface area contributed by atoms with Crippen molar-refractivity contribution >= 4 is 0 Å². The smallest absolute Gasteiger partial charge is 0.00187 e. The van der Waals surface area contributed by atoms with Crippen molar-refractivity contribution in [3.63, 3.8) is 0 Å². The topological polar surface area (TPSA) is 3.24 Å². The van der Waals surface area contributed by atoms with E-state index in [1.54, 1.807) is 0 Å². The molecule has 0 aromatic heterocycles. The Balaban J connectivity index is 3.34. The van der Waals surface area contributed by atoms with Crippen LogP contribution in [0.3, 0.4) is 0 Å². The molecule has 0 spiro atoms. The van der Waals surface area contributed by atoms with Gasteiger partial charge in [0, 0.05) is 0 Å². The Kier molecular flexibility index (Phi) is 14.0. The Morgan fingerprint density at radius 1 is 0.471 bits per heavy atom. The molecule has 0 fully saturated rings. The number of rotatable bonds is 13. The van der Waals surface area contributed by atoms with Gasteiger partial charge in [-0.2, -0.15) is 0 Å². The van der Waals surface area contributed by atoms with Crippen LogP contribution >= 0.6 is 0 Å². The molecule has 0 aliphatic rings. The van der Waals surface area contributed by atoms with Crippen LogP contribution in [0.4, 0.5) is 0 Å². The quantitative estimate of drug-likeness (QED) is 0.398. The van der Waals surface area contributed by atoms with Crippen molar-refractivity contribution < 1.29 is 0 Å². The molecule has 0 aliphatic carbocycles. The van der Waals surface area contributed by atoms with Gasteiger partial charge in [0.15, 0.2) is 0 Å². The lowest BCUT2D eigenvalue weighted by Gasteiger charge is -2.21. The lowest BCUT2D eigenvalue weighted by molar-refractivity contribution is 0.263. The summed E-state index contributed by atoms with van der Waals surface area (Å²) in [6.07, 6.45) is 14.0. The highest BCUT2D eigenvalue weighted by atomic mass is 15.1. The van der Waals surface area contributed by atoms with E-state index in [4.69, 9.17) is 0 Å². The molecule has 0 atom stereocenters. The Morgan fingerprint density at radius 3 is 1.59 bits per heavy atom. The third kappa shape index (κ3) is 12.2. The second-order valence-electron chi connectivity index (χ2n) is 5.32. The van der Waals surface area contributed by atoms with Gasteiger partial charge in [0.05, 0.1) is 0 Å². The van der Waals surface area contributed by atoms with Gasteiger partial charge in [0.25, 0.3) is 0 Å². The zero-order valence-electron chi connectivity index (χ0n) is 12.6. The Bertz CT molecular complexity index is 133. The van der Waals surface area contributed by atoms with Gasteiger partial charge in [0.2, 0.25) is 0 Å². The van der Waals surface area contributed by atoms with Crippen LogP contribution in [0, 0.1) is 0 Å². The fourth-order valence-electron chi connectivity index (χ4n) is 2.33. The molecule has 0 aromatic rings. The summed E-state index contributed by atoms with van der Waals surface area (Å²) >= 11 is 0. The van der Waals surface area contributed by atoms with Crippen molar-refractivity contribution in [1.29, 1.82) is 0 Å². The average molecular weight is 241 g/mol. The van der Waals surface area contributed by atoms with Crippen molar-refractivity contribution in [2.24, 2.45) is 0 Å². The van der Waals surface area contributed by atoms with Crippen LogP contribution in [0.5, 0.6) is 0 Å². The van der Waals surface area contributed by atoms with Crippen LogP contribution in [0.2, 0.25) is 0 Å². The van der Waals surface area contributed by atoms with Crippen molar-refractivity contribution in [2.45, 2.75) is 85.0 Å². The van der Waals surface area contributed by atoms with Crippen LogP contribution in [0.25, 0.3) is 0 Å². The molecule has 0 amide bonds. The first-order valence-electron chi connectivity index (χ1n) is 8.07. The maximum Gasteiger partial charge on any atom is -0.00187 e. The molecular weight excluding hydrogens is 206 g/mol. The second kappa shape index (κ2) is 14.0. The van der Waals surface area contributed by atoms with Gasteiger partial charge in [0.1, 0.15) is 0 Å². The molecule has 17 heavy (non-hydrogen) atoms. The standard InChI is InChI=1S/C16H35N/c1-4-7-9-10-11-12-13-16-17(14-6-3)15-8-5-2/h4-16H2,1-3H3. The maximum atomic E-state index is 2.66. The highest BCUT2D eigenvalue weighted by molar-refractivity contribution is 4.57. The van der Waals surface area contributed by atoms with Gasteiger partial charge >= 0.3 is 0 Å². The van der Waals surface area contributed by atoms with Crippen LogP contribution in [0.1, 0.15) is 85.0 Å². The van der Waals surface area contributed by atoms with Crippen LogP contribution in [-0.4, -0.2) is 24.5 Å². The molecule has 0 aliphatic heterocycles. The molecule has 0 saturated heterocycles. The van der Waals surface area contributed by atoms with Crippen molar-refractivity contribution in [3.05, 3.63) is 0 Å². The first-order chi connectivity index (χ1) is 8.35. The summed E-state index contributed by atoms with van der Waals surface area (Å²) in [5.41, 5.74) is 0. The predicted octanol–water partition coefficient (Wildman–Crippen LogP) is 5.25. The molecule has 0 aromatic carbocycles. The highest BCUT2D eigenvalue weighted by Gasteiger charge is 2.02. The number of unbranched alkanes of at least 4 members (excludes halogenated alkanes) is 7. The third-order valence-electron chi connectivity index (χ3n) is 3.45. The third-order valence-corrected chi connectivity index (χ3v) is 3.45. The summed E-state index contributed by atoms with van der Waals surface area (Å²) in [5, 5.41) is 0. The van der Waals surface area contributed by atoms with E-state index in [-0.39, 0.29) is 0 Å². The lowest BCUT2D eigenvalue weighted by atomic mass is 10.1. The first kappa shape index (κ1) is 17.0. The van der Waals surface area contributed by atoms with Gasteiger partial charge in [-0.25, -0.2) is 0 Å². The van der Waals surface area contributed by atoms with Gasteiger partial charge in [-0.15, -0.1) is 0 Å². The molecule has 0 heterocycles. The molecule has 0 rings (SSSR count). The molecule has 0 N–H and O–H groups in total. The number of hydrogen-bond acceptors (Lipinski definition) is 1.